The van der Waals surface area contributed by atoms with E-state index in [1.165, 1.54) is 24.7 Å². The Balaban J connectivity index is 1.53. The largest absolute Gasteiger partial charge is 0.448 e. The predicted molar refractivity (Wildman–Crippen MR) is 115 cm³/mol. The number of rotatable bonds is 6. The molecule has 2 heterocycles. The molecule has 0 saturated heterocycles. The minimum Gasteiger partial charge on any atom is -0.448 e. The van der Waals surface area contributed by atoms with Crippen molar-refractivity contribution in [2.75, 3.05) is 16.6 Å². The predicted octanol–water partition coefficient (Wildman–Crippen LogP) is 3.38. The van der Waals surface area contributed by atoms with Crippen molar-refractivity contribution in [3.8, 4) is 0 Å². The van der Waals surface area contributed by atoms with Crippen LogP contribution in [-0.4, -0.2) is 40.9 Å². The van der Waals surface area contributed by atoms with Crippen LogP contribution in [0.15, 0.2) is 72.0 Å². The molecule has 2 N–H and O–H groups in total. The van der Waals surface area contributed by atoms with E-state index in [0.29, 0.717) is 28.2 Å². The quantitative estimate of drug-likeness (QED) is 0.469. The Morgan fingerprint density at radius 2 is 1.74 bits per heavy atom. The molecule has 0 aliphatic heterocycles. The van der Waals surface area contributed by atoms with E-state index in [-0.39, 0.29) is 11.5 Å². The van der Waals surface area contributed by atoms with Gasteiger partial charge in [-0.3, -0.25) is 4.72 Å². The van der Waals surface area contributed by atoms with E-state index in [9.17, 15) is 13.2 Å². The van der Waals surface area contributed by atoms with Gasteiger partial charge in [-0.15, -0.1) is 4.68 Å². The van der Waals surface area contributed by atoms with Crippen molar-refractivity contribution in [3.05, 3.63) is 67.1 Å². The summed E-state index contributed by atoms with van der Waals surface area (Å²) >= 11 is 0. The highest BCUT2D eigenvalue weighted by Crippen LogP contribution is 2.24. The van der Waals surface area contributed by atoms with Crippen LogP contribution in [0.5, 0.6) is 0 Å². The van der Waals surface area contributed by atoms with Crippen molar-refractivity contribution in [1.29, 1.82) is 0 Å². The molecule has 2 aromatic heterocycles. The lowest BCUT2D eigenvalue weighted by Gasteiger charge is -2.10. The number of fused-ring (bicyclic) bond motifs is 1. The maximum Gasteiger partial charge on any atom is 0.436 e. The van der Waals surface area contributed by atoms with Crippen molar-refractivity contribution in [3.63, 3.8) is 0 Å². The number of sulfonamides is 1. The topological polar surface area (TPSA) is 128 Å². The lowest BCUT2D eigenvalue weighted by molar-refractivity contribution is 0.151. The Kier molecular flexibility index (Phi) is 5.50. The monoisotopic (exact) mass is 438 g/mol. The van der Waals surface area contributed by atoms with Crippen molar-refractivity contribution in [2.45, 2.75) is 11.8 Å². The van der Waals surface area contributed by atoms with Crippen molar-refractivity contribution in [2.24, 2.45) is 0 Å². The molecule has 2 aromatic carbocycles. The lowest BCUT2D eigenvalue weighted by atomic mass is 10.3. The van der Waals surface area contributed by atoms with Gasteiger partial charge in [-0.2, -0.15) is 5.10 Å². The van der Waals surface area contributed by atoms with Crippen LogP contribution in [0.1, 0.15) is 6.92 Å². The lowest BCUT2D eigenvalue weighted by Crippen LogP contribution is -2.15. The van der Waals surface area contributed by atoms with Gasteiger partial charge in [0, 0.05) is 11.4 Å². The summed E-state index contributed by atoms with van der Waals surface area (Å²) in [6.07, 6.45) is 2.15. The summed E-state index contributed by atoms with van der Waals surface area (Å²) in [5.74, 6) is 0.443. The first kappa shape index (κ1) is 20.3. The fraction of sp³-hybridized carbons (Fsp3) is 0.100. The van der Waals surface area contributed by atoms with Crippen LogP contribution in [0.4, 0.5) is 22.0 Å². The van der Waals surface area contributed by atoms with Crippen LogP contribution in [0.25, 0.3) is 11.0 Å². The van der Waals surface area contributed by atoms with E-state index >= 15 is 0 Å². The first-order valence-corrected chi connectivity index (χ1v) is 10.8. The van der Waals surface area contributed by atoms with Crippen molar-refractivity contribution < 1.29 is 17.9 Å². The van der Waals surface area contributed by atoms with Crippen molar-refractivity contribution in [1.82, 2.24) is 19.7 Å². The molecule has 4 aromatic rings. The van der Waals surface area contributed by atoms with Crippen LogP contribution >= 0.6 is 0 Å². The van der Waals surface area contributed by atoms with Crippen molar-refractivity contribution >= 4 is 44.3 Å². The van der Waals surface area contributed by atoms with E-state index in [4.69, 9.17) is 4.74 Å². The molecule has 0 atom stereocenters. The summed E-state index contributed by atoms with van der Waals surface area (Å²) in [6.45, 7) is 1.92. The Morgan fingerprint density at radius 1 is 1.03 bits per heavy atom. The zero-order chi connectivity index (χ0) is 21.8. The summed E-state index contributed by atoms with van der Waals surface area (Å²) in [7, 11) is -3.67. The van der Waals surface area contributed by atoms with Gasteiger partial charge in [0.05, 0.1) is 23.1 Å². The summed E-state index contributed by atoms with van der Waals surface area (Å²) in [5.41, 5.74) is 1.38. The molecular weight excluding hydrogens is 420 g/mol. The number of hydrogen-bond acceptors (Lipinski definition) is 8. The Labute approximate surface area is 178 Å². The summed E-state index contributed by atoms with van der Waals surface area (Å²) in [6, 6.07) is 14.8. The normalized spacial score (nSPS) is 11.3. The fourth-order valence-electron chi connectivity index (χ4n) is 2.83. The number of carbonyl (C=O) groups excluding carboxylic acids is 1. The summed E-state index contributed by atoms with van der Waals surface area (Å²) in [5, 5.41) is 7.67. The van der Waals surface area contributed by atoms with E-state index in [0.717, 1.165) is 4.68 Å². The molecule has 0 bridgehead atoms. The molecule has 0 aliphatic carbocycles. The van der Waals surface area contributed by atoms with Gasteiger partial charge in [0.1, 0.15) is 12.1 Å². The van der Waals surface area contributed by atoms with Gasteiger partial charge < -0.3 is 10.1 Å². The van der Waals surface area contributed by atoms with E-state index in [1.54, 1.807) is 49.4 Å². The third-order valence-electron chi connectivity index (χ3n) is 4.26. The third-order valence-corrected chi connectivity index (χ3v) is 5.66. The number of benzene rings is 2. The molecule has 31 heavy (non-hydrogen) atoms. The Bertz CT molecular complexity index is 1320. The van der Waals surface area contributed by atoms with Crippen LogP contribution < -0.4 is 10.0 Å². The first-order chi connectivity index (χ1) is 15.0. The number of nitrogens with one attached hydrogen (secondary N) is 2. The molecule has 0 unspecified atom stereocenters. The molecule has 4 rings (SSSR count). The Hall–Kier alpha value is -3.99. The van der Waals surface area contributed by atoms with Gasteiger partial charge in [0.15, 0.2) is 5.65 Å². The molecule has 10 nitrogen and oxygen atoms in total. The zero-order valence-electron chi connectivity index (χ0n) is 16.4. The third kappa shape index (κ3) is 4.31. The average Bonchev–Trinajstić information content (AvgIpc) is 3.21. The maximum absolute atomic E-state index is 12.4. The molecular formula is C20H18N6O4S. The summed E-state index contributed by atoms with van der Waals surface area (Å²) < 4.78 is 33.4. The summed E-state index contributed by atoms with van der Waals surface area (Å²) in [4.78, 5) is 20.5. The van der Waals surface area contributed by atoms with E-state index in [2.05, 4.69) is 25.1 Å². The molecule has 0 amide bonds. The first-order valence-electron chi connectivity index (χ1n) is 9.29. The number of aromatic nitrogens is 4. The second-order valence-corrected chi connectivity index (χ2v) is 8.02. The van der Waals surface area contributed by atoms with Gasteiger partial charge in [0.2, 0.25) is 0 Å². The van der Waals surface area contributed by atoms with E-state index in [1.807, 2.05) is 0 Å². The number of ether oxygens (including phenoxy) is 1. The second-order valence-electron chi connectivity index (χ2n) is 6.34. The molecule has 158 valence electrons. The van der Waals surface area contributed by atoms with Crippen LogP contribution in [0.3, 0.4) is 0 Å². The van der Waals surface area contributed by atoms with Gasteiger partial charge >= 0.3 is 6.09 Å². The Morgan fingerprint density at radius 3 is 2.45 bits per heavy atom. The number of anilines is 3. The van der Waals surface area contributed by atoms with Gasteiger partial charge in [-0.25, -0.2) is 23.2 Å². The number of nitrogens with zero attached hydrogens (tertiary/aromatic N) is 4. The van der Waals surface area contributed by atoms with Gasteiger partial charge in [0.25, 0.3) is 10.0 Å². The molecule has 0 spiro atoms. The second kappa shape index (κ2) is 8.40. The molecule has 0 aliphatic rings. The SMILES string of the molecule is CCOC(=O)n1ncc2c(Nc3ccc(NS(=O)(=O)c4ccccc4)cc3)ncnc21. The van der Waals surface area contributed by atoms with Crippen LogP contribution in [0, 0.1) is 0 Å². The highest BCUT2D eigenvalue weighted by molar-refractivity contribution is 7.92. The molecule has 0 fully saturated rings. The minimum atomic E-state index is -3.67. The highest BCUT2D eigenvalue weighted by atomic mass is 32.2. The van der Waals surface area contributed by atoms with Gasteiger partial charge in [-0.05, 0) is 43.3 Å². The molecule has 0 saturated carbocycles. The average molecular weight is 438 g/mol. The smallest absolute Gasteiger partial charge is 0.436 e. The number of carbonyl (C=O) groups is 1. The van der Waals surface area contributed by atoms with Gasteiger partial charge in [-0.1, -0.05) is 18.2 Å². The maximum atomic E-state index is 12.4. The number of hydrogen-bond donors (Lipinski definition) is 2. The van der Waals surface area contributed by atoms with Crippen LogP contribution in [0.2, 0.25) is 0 Å². The van der Waals surface area contributed by atoms with E-state index < -0.39 is 16.1 Å². The standard InChI is InChI=1S/C20H18N6O4S/c1-2-30-20(27)26-19-17(12-23-26)18(21-13-22-19)24-14-8-10-15(11-9-14)25-31(28,29)16-6-4-3-5-7-16/h3-13,25H,2H2,1H3,(H,21,22,24). The van der Waals surface area contributed by atoms with Crippen LogP contribution in [-0.2, 0) is 14.8 Å². The molecule has 0 radical (unpaired) electrons. The fourth-order valence-corrected chi connectivity index (χ4v) is 3.91. The molecule has 11 heteroatoms. The highest BCUT2D eigenvalue weighted by Gasteiger charge is 2.16. The zero-order valence-corrected chi connectivity index (χ0v) is 17.2. The minimum absolute atomic E-state index is 0.180.